The second kappa shape index (κ2) is 41.2. The van der Waals surface area contributed by atoms with Crippen LogP contribution in [-0.4, -0.2) is 64.9 Å². The quantitative estimate of drug-likeness (QED) is 0.0201. The third-order valence-electron chi connectivity index (χ3n) is 9.59. The summed E-state index contributed by atoms with van der Waals surface area (Å²) in [4.78, 5) is 45.9. The maximum atomic E-state index is 12.3. The Morgan fingerprint density at radius 2 is 0.948 bits per heavy atom. The molecular weight excluding hydrogens is 757 g/mol. The molecule has 58 heavy (non-hydrogen) atoms. The molecule has 12 heteroatoms. The number of esters is 1. The van der Waals surface area contributed by atoms with E-state index in [-0.39, 0.29) is 12.8 Å². The number of aliphatic hydroxyl groups excluding tert-OH is 1. The number of nitrogens with one attached hydrogen (secondary N) is 1. The van der Waals surface area contributed by atoms with Gasteiger partial charge in [-0.25, -0.2) is 9.36 Å². The lowest BCUT2D eigenvalue weighted by atomic mass is 10.1. The van der Waals surface area contributed by atoms with Crippen molar-refractivity contribution in [2.45, 2.75) is 206 Å². The van der Waals surface area contributed by atoms with Gasteiger partial charge in [-0.2, -0.15) is 0 Å². The molecule has 0 heterocycles. The Hall–Kier alpha value is -2.56. The highest BCUT2D eigenvalue weighted by Crippen LogP contribution is 2.43. The number of ether oxygens (including phenoxy) is 1. The molecule has 0 aliphatic rings. The highest BCUT2D eigenvalue weighted by atomic mass is 31.2. The number of hydrogen-bond acceptors (Lipinski definition) is 8. The van der Waals surface area contributed by atoms with Crippen LogP contribution in [0.1, 0.15) is 194 Å². The molecule has 0 aliphatic carbocycles. The molecule has 0 fully saturated rings. The Morgan fingerprint density at radius 3 is 1.47 bits per heavy atom. The lowest BCUT2D eigenvalue weighted by Gasteiger charge is -2.18. The van der Waals surface area contributed by atoms with Gasteiger partial charge in [-0.15, -0.1) is 0 Å². The maximum Gasteiger partial charge on any atom is 0.472 e. The fraction of sp³-hybridized carbons (Fsp3) is 0.761. The van der Waals surface area contributed by atoms with Gasteiger partial charge < -0.3 is 25.2 Å². The van der Waals surface area contributed by atoms with Gasteiger partial charge in [-0.3, -0.25) is 18.6 Å². The fourth-order valence-electron chi connectivity index (χ4n) is 6.02. The van der Waals surface area contributed by atoms with Crippen LogP contribution in [0, 0.1) is 0 Å². The summed E-state index contributed by atoms with van der Waals surface area (Å²) in [6.07, 6.45) is 45.6. The lowest BCUT2D eigenvalue weighted by molar-refractivity contribution is -0.147. The number of carbonyl (C=O) groups excluding carboxylic acids is 2. The van der Waals surface area contributed by atoms with Crippen LogP contribution in [0.15, 0.2) is 48.6 Å². The Kier molecular flexibility index (Phi) is 39.4. The monoisotopic (exact) mass is 840 g/mol. The van der Waals surface area contributed by atoms with Gasteiger partial charge in [0.2, 0.25) is 5.91 Å². The predicted octanol–water partition coefficient (Wildman–Crippen LogP) is 11.8. The van der Waals surface area contributed by atoms with Crippen molar-refractivity contribution in [3.05, 3.63) is 48.6 Å². The first-order valence-electron chi connectivity index (χ1n) is 22.7. The summed E-state index contributed by atoms with van der Waals surface area (Å²) in [6, 6.07) is -1.55. The van der Waals surface area contributed by atoms with Gasteiger partial charge >= 0.3 is 19.8 Å². The number of unbranched alkanes of at least 4 members (excludes halogenated alkanes) is 20. The number of phosphoric ester groups is 1. The van der Waals surface area contributed by atoms with E-state index in [1.165, 1.54) is 70.6 Å². The molecule has 336 valence electrons. The van der Waals surface area contributed by atoms with E-state index >= 15 is 0 Å². The van der Waals surface area contributed by atoms with Crippen molar-refractivity contribution in [1.82, 2.24) is 5.32 Å². The van der Waals surface area contributed by atoms with Gasteiger partial charge in [0.15, 0.2) is 6.04 Å². The zero-order valence-electron chi connectivity index (χ0n) is 36.3. The van der Waals surface area contributed by atoms with Crippen molar-refractivity contribution in [3.63, 3.8) is 0 Å². The Bertz CT molecular complexity index is 1170. The van der Waals surface area contributed by atoms with Crippen LogP contribution in [-0.2, 0) is 32.7 Å². The highest BCUT2D eigenvalue weighted by molar-refractivity contribution is 7.47. The normalized spacial score (nSPS) is 14.1. The van der Waals surface area contributed by atoms with Gasteiger partial charge in [0.1, 0.15) is 12.7 Å². The lowest BCUT2D eigenvalue weighted by Crippen LogP contribution is -2.43. The molecule has 0 aromatic carbocycles. The molecule has 0 aromatic heterocycles. The molecule has 0 spiro atoms. The molecule has 0 aliphatic heterocycles. The molecule has 1 amide bonds. The molecule has 0 rings (SSSR count). The largest absolute Gasteiger partial charge is 0.480 e. The number of carboxylic acids is 1. The minimum Gasteiger partial charge on any atom is -0.480 e. The van der Waals surface area contributed by atoms with E-state index in [1.807, 2.05) is 0 Å². The first kappa shape index (κ1) is 55.4. The number of phosphoric acid groups is 1. The summed E-state index contributed by atoms with van der Waals surface area (Å²) in [5.41, 5.74) is 0. The molecule has 3 atom stereocenters. The number of carbonyl (C=O) groups is 3. The molecule has 0 saturated heterocycles. The third-order valence-corrected chi connectivity index (χ3v) is 10.5. The van der Waals surface area contributed by atoms with Crippen LogP contribution >= 0.6 is 7.82 Å². The zero-order valence-corrected chi connectivity index (χ0v) is 37.2. The summed E-state index contributed by atoms with van der Waals surface area (Å²) in [6.45, 7) is 2.54. The SMILES string of the molecule is CCCCC/C=C\C/C=C\C/C=C\CCCCCCCCCCC(=O)NC(COP(=O)(O)OCC(O)COC(=O)CCCCCCC/C=C\CCCCCC)C(=O)O. The molecule has 0 aromatic rings. The Balaban J connectivity index is 3.91. The summed E-state index contributed by atoms with van der Waals surface area (Å²) in [7, 11) is -4.76. The van der Waals surface area contributed by atoms with E-state index in [9.17, 15) is 34.1 Å². The van der Waals surface area contributed by atoms with Crippen LogP contribution in [0.2, 0.25) is 0 Å². The molecular formula is C46H82NO10P. The van der Waals surface area contributed by atoms with E-state index in [4.69, 9.17) is 13.8 Å². The van der Waals surface area contributed by atoms with E-state index < -0.39 is 57.6 Å². The van der Waals surface area contributed by atoms with E-state index in [0.29, 0.717) is 12.8 Å². The minimum absolute atomic E-state index is 0.135. The standard InChI is InChI=1S/C46H82NO10P/c1-3-5-7-9-11-13-15-17-18-19-20-21-22-23-24-26-27-29-31-33-35-37-44(49)47-43(46(51)52)41-57-58(53,54)56-40-42(48)39-55-45(50)38-36-34-32-30-28-25-16-14-12-10-8-6-4-2/h11,13-14,16-18,20-21,42-43,48H,3-10,12,15,19,22-41H2,1-2H3,(H,47,49)(H,51,52)(H,53,54)/b13-11-,16-14-,18-17-,21-20-. The average Bonchev–Trinajstić information content (AvgIpc) is 3.20. The summed E-state index contributed by atoms with van der Waals surface area (Å²) in [5.74, 6) is -2.39. The van der Waals surface area contributed by atoms with E-state index in [1.54, 1.807) is 0 Å². The Morgan fingerprint density at radius 1 is 0.552 bits per heavy atom. The van der Waals surface area contributed by atoms with Crippen molar-refractivity contribution in [3.8, 4) is 0 Å². The van der Waals surface area contributed by atoms with Crippen molar-refractivity contribution >= 4 is 25.7 Å². The number of aliphatic carboxylic acids is 1. The second-order valence-corrected chi connectivity index (χ2v) is 16.7. The average molecular weight is 840 g/mol. The van der Waals surface area contributed by atoms with E-state index in [2.05, 4.69) is 67.8 Å². The summed E-state index contributed by atoms with van der Waals surface area (Å²) < 4.78 is 26.8. The predicted molar refractivity (Wildman–Crippen MR) is 235 cm³/mol. The number of hydrogen-bond donors (Lipinski definition) is 4. The van der Waals surface area contributed by atoms with Crippen molar-refractivity contribution in [2.24, 2.45) is 0 Å². The van der Waals surface area contributed by atoms with Gasteiger partial charge in [0, 0.05) is 12.8 Å². The summed E-state index contributed by atoms with van der Waals surface area (Å²) in [5, 5.41) is 21.8. The molecule has 11 nitrogen and oxygen atoms in total. The molecule has 0 radical (unpaired) electrons. The van der Waals surface area contributed by atoms with Crippen LogP contribution in [0.3, 0.4) is 0 Å². The van der Waals surface area contributed by atoms with Crippen LogP contribution in [0.4, 0.5) is 0 Å². The number of carboxylic acid groups (broad SMARTS) is 1. The second-order valence-electron chi connectivity index (χ2n) is 15.2. The smallest absolute Gasteiger partial charge is 0.472 e. The number of amides is 1. The minimum atomic E-state index is -4.76. The molecule has 4 N–H and O–H groups in total. The van der Waals surface area contributed by atoms with Crippen LogP contribution < -0.4 is 5.32 Å². The van der Waals surface area contributed by atoms with Gasteiger partial charge in [0.05, 0.1) is 13.2 Å². The molecule has 3 unspecified atom stereocenters. The van der Waals surface area contributed by atoms with Gasteiger partial charge in [-0.1, -0.05) is 152 Å². The van der Waals surface area contributed by atoms with Crippen LogP contribution in [0.5, 0.6) is 0 Å². The van der Waals surface area contributed by atoms with Gasteiger partial charge in [-0.05, 0) is 77.0 Å². The van der Waals surface area contributed by atoms with Gasteiger partial charge in [0.25, 0.3) is 0 Å². The highest BCUT2D eigenvalue weighted by Gasteiger charge is 2.28. The third kappa shape index (κ3) is 40.2. The topological polar surface area (TPSA) is 169 Å². The molecule has 0 saturated carbocycles. The first-order valence-corrected chi connectivity index (χ1v) is 24.2. The van der Waals surface area contributed by atoms with Crippen molar-refractivity contribution < 1.29 is 47.8 Å². The maximum absolute atomic E-state index is 12.3. The number of aliphatic hydroxyl groups is 1. The summed E-state index contributed by atoms with van der Waals surface area (Å²) >= 11 is 0. The van der Waals surface area contributed by atoms with E-state index in [0.717, 1.165) is 83.5 Å². The molecule has 0 bridgehead atoms. The number of rotatable bonds is 42. The first-order chi connectivity index (χ1) is 28.1. The number of allylic oxidation sites excluding steroid dienone is 8. The fourth-order valence-corrected chi connectivity index (χ4v) is 6.79. The van der Waals surface area contributed by atoms with Crippen LogP contribution in [0.25, 0.3) is 0 Å². The van der Waals surface area contributed by atoms with Crippen molar-refractivity contribution in [2.75, 3.05) is 19.8 Å². The Labute approximate surface area is 352 Å². The van der Waals surface area contributed by atoms with Crippen molar-refractivity contribution in [1.29, 1.82) is 0 Å². The zero-order chi connectivity index (χ0) is 42.8.